The largest absolute Gasteiger partial charge is 0.311 e. The lowest BCUT2D eigenvalue weighted by molar-refractivity contribution is 0.244. The van der Waals surface area contributed by atoms with E-state index >= 15 is 0 Å². The molecular formula is C13H22ClN3O4S2. The molecule has 2 unspecified atom stereocenters. The second-order valence-electron chi connectivity index (χ2n) is 5.41. The molecule has 10 heteroatoms. The molecule has 2 atom stereocenters. The minimum absolute atomic E-state index is 0. The Bertz CT molecular complexity index is 735. The summed E-state index contributed by atoms with van der Waals surface area (Å²) in [4.78, 5) is 0.138. The lowest BCUT2D eigenvalue weighted by Crippen LogP contribution is -2.56. The fourth-order valence-corrected chi connectivity index (χ4v) is 4.82. The highest BCUT2D eigenvalue weighted by Crippen LogP contribution is 2.22. The molecule has 1 fully saturated rings. The van der Waals surface area contributed by atoms with Crippen molar-refractivity contribution in [2.45, 2.75) is 35.7 Å². The first kappa shape index (κ1) is 20.3. The normalized spacial score (nSPS) is 23.3. The summed E-state index contributed by atoms with van der Waals surface area (Å²) in [5.74, 6) is 0. The van der Waals surface area contributed by atoms with E-state index in [4.69, 9.17) is 0 Å². The van der Waals surface area contributed by atoms with E-state index in [9.17, 15) is 16.8 Å². The molecule has 0 bridgehead atoms. The van der Waals surface area contributed by atoms with E-state index < -0.39 is 20.0 Å². The Balaban J connectivity index is 0.00000264. The number of halogens is 1. The van der Waals surface area contributed by atoms with Crippen LogP contribution in [-0.2, 0) is 20.0 Å². The zero-order valence-corrected chi connectivity index (χ0v) is 15.6. The second-order valence-corrected chi connectivity index (χ2v) is 9.19. The number of nitrogens with zero attached hydrogens (tertiary/aromatic N) is 1. The fraction of sp³-hybridized carbons (Fsp3) is 0.538. The van der Waals surface area contributed by atoms with E-state index in [1.165, 1.54) is 35.6 Å². The quantitative estimate of drug-likeness (QED) is 0.784. The van der Waals surface area contributed by atoms with Crippen LogP contribution in [0.15, 0.2) is 34.1 Å². The van der Waals surface area contributed by atoms with Crippen LogP contribution in [0.5, 0.6) is 0 Å². The van der Waals surface area contributed by atoms with Crippen molar-refractivity contribution in [3.63, 3.8) is 0 Å². The summed E-state index contributed by atoms with van der Waals surface area (Å²) in [6.45, 7) is 4.75. The van der Waals surface area contributed by atoms with Crippen molar-refractivity contribution >= 4 is 32.5 Å². The van der Waals surface area contributed by atoms with Gasteiger partial charge in [0.15, 0.2) is 0 Å². The molecule has 7 nitrogen and oxygen atoms in total. The number of nitrogens with one attached hydrogen (secondary N) is 2. The Morgan fingerprint density at radius 1 is 1.09 bits per heavy atom. The number of sulfonamides is 2. The molecule has 1 heterocycles. The van der Waals surface area contributed by atoms with Crippen LogP contribution in [0, 0.1) is 0 Å². The number of hydrogen-bond donors (Lipinski definition) is 2. The summed E-state index contributed by atoms with van der Waals surface area (Å²) in [5, 5.41) is 3.23. The molecular weight excluding hydrogens is 362 g/mol. The number of rotatable bonds is 4. The van der Waals surface area contributed by atoms with Gasteiger partial charge in [0.1, 0.15) is 0 Å². The second kappa shape index (κ2) is 7.45. The molecule has 0 radical (unpaired) electrons. The Labute approximate surface area is 144 Å². The number of piperazine rings is 1. The minimum Gasteiger partial charge on any atom is -0.311 e. The smallest absolute Gasteiger partial charge is 0.243 e. The van der Waals surface area contributed by atoms with Crippen molar-refractivity contribution < 1.29 is 16.8 Å². The summed E-state index contributed by atoms with van der Waals surface area (Å²) < 4.78 is 52.4. The van der Waals surface area contributed by atoms with Crippen LogP contribution in [0.25, 0.3) is 0 Å². The first-order valence-electron chi connectivity index (χ1n) is 6.97. The van der Waals surface area contributed by atoms with Gasteiger partial charge in [-0.25, -0.2) is 21.6 Å². The molecule has 1 aliphatic heterocycles. The molecule has 1 aromatic carbocycles. The zero-order valence-electron chi connectivity index (χ0n) is 13.2. The predicted molar refractivity (Wildman–Crippen MR) is 90.8 cm³/mol. The predicted octanol–water partition coefficient (Wildman–Crippen LogP) is 0.387. The van der Waals surface area contributed by atoms with E-state index in [2.05, 4.69) is 10.0 Å². The lowest BCUT2D eigenvalue weighted by atomic mass is 10.2. The average Bonchev–Trinajstić information content (AvgIpc) is 2.49. The first-order valence-corrected chi connectivity index (χ1v) is 9.89. The van der Waals surface area contributed by atoms with Crippen molar-refractivity contribution in [3.05, 3.63) is 24.3 Å². The van der Waals surface area contributed by atoms with E-state index in [0.717, 1.165) is 0 Å². The van der Waals surface area contributed by atoms with E-state index in [1.54, 1.807) is 0 Å². The molecule has 23 heavy (non-hydrogen) atoms. The summed E-state index contributed by atoms with van der Waals surface area (Å²) in [7, 11) is -5.90. The molecule has 2 rings (SSSR count). The van der Waals surface area contributed by atoms with Gasteiger partial charge in [0, 0.05) is 25.2 Å². The van der Waals surface area contributed by atoms with Gasteiger partial charge >= 0.3 is 0 Å². The van der Waals surface area contributed by atoms with Gasteiger partial charge < -0.3 is 5.32 Å². The Morgan fingerprint density at radius 2 is 1.61 bits per heavy atom. The van der Waals surface area contributed by atoms with E-state index in [0.29, 0.717) is 13.1 Å². The highest BCUT2D eigenvalue weighted by molar-refractivity contribution is 7.89. The molecule has 0 saturated carbocycles. The van der Waals surface area contributed by atoms with Gasteiger partial charge in [0.25, 0.3) is 0 Å². The van der Waals surface area contributed by atoms with E-state index in [1.807, 2.05) is 13.8 Å². The van der Waals surface area contributed by atoms with Gasteiger partial charge in [-0.3, -0.25) is 0 Å². The molecule has 2 N–H and O–H groups in total. The highest BCUT2D eigenvalue weighted by Gasteiger charge is 2.33. The maximum absolute atomic E-state index is 12.7. The van der Waals surface area contributed by atoms with Gasteiger partial charge in [-0.05, 0) is 45.2 Å². The van der Waals surface area contributed by atoms with Crippen molar-refractivity contribution in [1.82, 2.24) is 14.3 Å². The fourth-order valence-electron chi connectivity index (χ4n) is 2.37. The zero-order chi connectivity index (χ0) is 16.5. The number of hydrogen-bond acceptors (Lipinski definition) is 5. The van der Waals surface area contributed by atoms with Gasteiger partial charge in [-0.1, -0.05) is 0 Å². The maximum Gasteiger partial charge on any atom is 0.243 e. The van der Waals surface area contributed by atoms with Gasteiger partial charge in [0.05, 0.1) is 9.79 Å². The monoisotopic (exact) mass is 383 g/mol. The molecule has 1 aromatic rings. The van der Waals surface area contributed by atoms with Crippen LogP contribution in [0.2, 0.25) is 0 Å². The highest BCUT2D eigenvalue weighted by atomic mass is 35.5. The van der Waals surface area contributed by atoms with Crippen molar-refractivity contribution in [3.8, 4) is 0 Å². The van der Waals surface area contributed by atoms with E-state index in [-0.39, 0.29) is 34.3 Å². The maximum atomic E-state index is 12.7. The third-order valence-electron chi connectivity index (χ3n) is 3.72. The number of benzene rings is 1. The van der Waals surface area contributed by atoms with Gasteiger partial charge in [-0.2, -0.15) is 4.31 Å². The lowest BCUT2D eigenvalue weighted by Gasteiger charge is -2.36. The Kier molecular flexibility index (Phi) is 6.59. The van der Waals surface area contributed by atoms with Crippen LogP contribution in [0.3, 0.4) is 0 Å². The third kappa shape index (κ3) is 4.23. The van der Waals surface area contributed by atoms with Crippen LogP contribution in [-0.4, -0.2) is 53.4 Å². The van der Waals surface area contributed by atoms with Crippen molar-refractivity contribution in [2.24, 2.45) is 0 Å². The summed E-state index contributed by atoms with van der Waals surface area (Å²) >= 11 is 0. The minimum atomic E-state index is -3.64. The molecule has 0 spiro atoms. The average molecular weight is 384 g/mol. The van der Waals surface area contributed by atoms with Crippen molar-refractivity contribution in [1.29, 1.82) is 0 Å². The van der Waals surface area contributed by atoms with Crippen molar-refractivity contribution in [2.75, 3.05) is 20.1 Å². The standard InChI is InChI=1S/C13H21N3O4S2.ClH/c1-10-9-16(11(2)8-15-10)22(19,20)13-6-4-12(5-7-13)21(17,18)14-3;/h4-7,10-11,14-15H,8-9H2,1-3H3;1H. The third-order valence-corrected chi connectivity index (χ3v) is 7.14. The molecule has 0 amide bonds. The Hall–Kier alpha value is -0.710. The van der Waals surface area contributed by atoms with Crippen LogP contribution >= 0.6 is 12.4 Å². The van der Waals surface area contributed by atoms with Crippen LogP contribution < -0.4 is 10.0 Å². The SMILES string of the molecule is CNS(=O)(=O)c1ccc(S(=O)(=O)N2CC(C)NCC2C)cc1.Cl. The van der Waals surface area contributed by atoms with Crippen LogP contribution in [0.4, 0.5) is 0 Å². The Morgan fingerprint density at radius 3 is 2.13 bits per heavy atom. The van der Waals surface area contributed by atoms with Gasteiger partial charge in [-0.15, -0.1) is 12.4 Å². The summed E-state index contributed by atoms with van der Waals surface area (Å²) in [6.07, 6.45) is 0. The molecule has 132 valence electrons. The molecule has 1 aliphatic rings. The molecule has 0 aromatic heterocycles. The molecule has 0 aliphatic carbocycles. The van der Waals surface area contributed by atoms with Crippen LogP contribution in [0.1, 0.15) is 13.8 Å². The summed E-state index contributed by atoms with van der Waals surface area (Å²) in [5.41, 5.74) is 0. The van der Waals surface area contributed by atoms with Gasteiger partial charge in [0.2, 0.25) is 20.0 Å². The summed E-state index contributed by atoms with van der Waals surface area (Å²) in [6, 6.07) is 5.19. The topological polar surface area (TPSA) is 95.6 Å². The molecule has 1 saturated heterocycles. The first-order chi connectivity index (χ1) is 10.2.